The van der Waals surface area contributed by atoms with Crippen LogP contribution in [0.25, 0.3) is 0 Å². The zero-order valence-corrected chi connectivity index (χ0v) is 19.9. The van der Waals surface area contributed by atoms with Crippen LogP contribution >= 0.6 is 24.0 Å². The lowest BCUT2D eigenvalue weighted by Crippen LogP contribution is -2.56. The van der Waals surface area contributed by atoms with Crippen molar-refractivity contribution < 1.29 is 13.2 Å². The SMILES string of the molecule is CCN(CC)c1ccc(CNC(=NC)N2CCN(C(C)C(F)(F)F)CC2)cn1.I. The predicted molar refractivity (Wildman–Crippen MR) is 122 cm³/mol. The number of guanidine groups is 1. The van der Waals surface area contributed by atoms with Crippen LogP contribution in [0, 0.1) is 0 Å². The van der Waals surface area contributed by atoms with Crippen molar-refractivity contribution in [1.82, 2.24) is 20.1 Å². The average molecular weight is 528 g/mol. The van der Waals surface area contributed by atoms with Crippen molar-refractivity contribution in [2.45, 2.75) is 39.5 Å². The van der Waals surface area contributed by atoms with Gasteiger partial charge in [0.05, 0.1) is 0 Å². The predicted octanol–water partition coefficient (Wildman–Crippen LogP) is 3.19. The van der Waals surface area contributed by atoms with Crippen LogP contribution in [0.2, 0.25) is 0 Å². The molecule has 1 saturated heterocycles. The van der Waals surface area contributed by atoms with E-state index in [0.717, 1.165) is 24.5 Å². The minimum absolute atomic E-state index is 0. The van der Waals surface area contributed by atoms with Crippen molar-refractivity contribution in [3.05, 3.63) is 23.9 Å². The number of nitrogens with zero attached hydrogens (tertiary/aromatic N) is 5. The third kappa shape index (κ3) is 7.16. The van der Waals surface area contributed by atoms with Gasteiger partial charge >= 0.3 is 6.18 Å². The molecular formula is C19H32F3IN6. The second-order valence-corrected chi connectivity index (χ2v) is 6.84. The van der Waals surface area contributed by atoms with Crippen LogP contribution in [0.15, 0.2) is 23.3 Å². The minimum Gasteiger partial charge on any atom is -0.357 e. The van der Waals surface area contributed by atoms with Crippen molar-refractivity contribution in [3.8, 4) is 0 Å². The summed E-state index contributed by atoms with van der Waals surface area (Å²) in [4.78, 5) is 14.4. The smallest absolute Gasteiger partial charge is 0.357 e. The monoisotopic (exact) mass is 528 g/mol. The maximum absolute atomic E-state index is 12.9. The van der Waals surface area contributed by atoms with Crippen LogP contribution in [0.5, 0.6) is 0 Å². The summed E-state index contributed by atoms with van der Waals surface area (Å²) < 4.78 is 38.7. The van der Waals surface area contributed by atoms with Crippen LogP contribution in [0.4, 0.5) is 19.0 Å². The van der Waals surface area contributed by atoms with E-state index in [1.54, 1.807) is 7.05 Å². The highest BCUT2D eigenvalue weighted by Gasteiger charge is 2.41. The summed E-state index contributed by atoms with van der Waals surface area (Å²) in [5.41, 5.74) is 1.03. The summed E-state index contributed by atoms with van der Waals surface area (Å²) in [5, 5.41) is 3.29. The van der Waals surface area contributed by atoms with Crippen molar-refractivity contribution in [3.63, 3.8) is 0 Å². The van der Waals surface area contributed by atoms with Gasteiger partial charge in [-0.15, -0.1) is 24.0 Å². The van der Waals surface area contributed by atoms with Gasteiger partial charge in [-0.25, -0.2) is 4.98 Å². The number of hydrogen-bond donors (Lipinski definition) is 1. The summed E-state index contributed by atoms with van der Waals surface area (Å²) in [6.45, 7) is 9.55. The Morgan fingerprint density at radius 2 is 1.83 bits per heavy atom. The van der Waals surface area contributed by atoms with E-state index in [4.69, 9.17) is 0 Å². The van der Waals surface area contributed by atoms with Crippen LogP contribution in [-0.4, -0.2) is 79.3 Å². The van der Waals surface area contributed by atoms with E-state index >= 15 is 0 Å². The molecule has 1 aliphatic heterocycles. The maximum atomic E-state index is 12.9. The standard InChI is InChI=1S/C19H31F3N6.HI/c1-5-26(6-2)17-8-7-16(13-24-17)14-25-18(23-4)28-11-9-27(10-12-28)15(3)19(20,21)22;/h7-8,13,15H,5-6,9-12,14H2,1-4H3,(H,23,25);1H. The number of nitrogens with one attached hydrogen (secondary N) is 1. The van der Waals surface area contributed by atoms with E-state index < -0.39 is 12.2 Å². The second-order valence-electron chi connectivity index (χ2n) is 6.84. The lowest BCUT2D eigenvalue weighted by Gasteiger charge is -2.39. The Labute approximate surface area is 188 Å². The third-order valence-electron chi connectivity index (χ3n) is 5.19. The van der Waals surface area contributed by atoms with Gasteiger partial charge in [0.2, 0.25) is 0 Å². The fourth-order valence-corrected chi connectivity index (χ4v) is 3.30. The molecule has 1 aromatic rings. The van der Waals surface area contributed by atoms with Gasteiger partial charge < -0.3 is 15.1 Å². The molecule has 10 heteroatoms. The number of hydrogen-bond acceptors (Lipinski definition) is 4. The molecule has 6 nitrogen and oxygen atoms in total. The van der Waals surface area contributed by atoms with Crippen LogP contribution in [0.3, 0.4) is 0 Å². The van der Waals surface area contributed by atoms with Gasteiger partial charge in [-0.1, -0.05) is 6.07 Å². The Kier molecular flexibility index (Phi) is 10.4. The van der Waals surface area contributed by atoms with E-state index in [-0.39, 0.29) is 24.0 Å². The first-order valence-electron chi connectivity index (χ1n) is 9.76. The third-order valence-corrected chi connectivity index (χ3v) is 5.19. The van der Waals surface area contributed by atoms with Gasteiger partial charge in [-0.05, 0) is 32.4 Å². The molecule has 0 amide bonds. The molecule has 1 aliphatic rings. The molecule has 1 unspecified atom stereocenters. The molecule has 2 heterocycles. The maximum Gasteiger partial charge on any atom is 0.403 e. The highest BCUT2D eigenvalue weighted by molar-refractivity contribution is 14.0. The molecule has 0 aliphatic carbocycles. The van der Waals surface area contributed by atoms with E-state index in [1.165, 1.54) is 11.8 Å². The largest absolute Gasteiger partial charge is 0.403 e. The quantitative estimate of drug-likeness (QED) is 0.349. The Morgan fingerprint density at radius 1 is 1.21 bits per heavy atom. The molecule has 0 radical (unpaired) electrons. The number of piperazine rings is 1. The Balaban J connectivity index is 0.00000420. The molecule has 1 fully saturated rings. The van der Waals surface area contributed by atoms with E-state index in [1.807, 2.05) is 23.2 Å². The molecule has 0 aromatic carbocycles. The molecule has 1 aromatic heterocycles. The van der Waals surface area contributed by atoms with Crippen LogP contribution in [0.1, 0.15) is 26.3 Å². The van der Waals surface area contributed by atoms with Gasteiger partial charge in [0, 0.05) is 59.1 Å². The molecular weight excluding hydrogens is 496 g/mol. The first-order chi connectivity index (χ1) is 13.3. The molecule has 0 bridgehead atoms. The van der Waals surface area contributed by atoms with E-state index in [0.29, 0.717) is 38.7 Å². The lowest BCUT2D eigenvalue weighted by atomic mass is 10.2. The minimum atomic E-state index is -4.19. The average Bonchev–Trinajstić information content (AvgIpc) is 2.69. The Hall–Kier alpha value is -1.30. The van der Waals surface area contributed by atoms with Gasteiger partial charge in [0.25, 0.3) is 0 Å². The van der Waals surface area contributed by atoms with Crippen molar-refractivity contribution in [2.24, 2.45) is 4.99 Å². The number of aliphatic imine (C=N–C) groups is 1. The molecule has 1 N–H and O–H groups in total. The van der Waals surface area contributed by atoms with Crippen molar-refractivity contribution >= 4 is 35.8 Å². The van der Waals surface area contributed by atoms with Crippen molar-refractivity contribution in [2.75, 3.05) is 51.2 Å². The molecule has 29 heavy (non-hydrogen) atoms. The number of alkyl halides is 3. The summed E-state index contributed by atoms with van der Waals surface area (Å²) >= 11 is 0. The highest BCUT2D eigenvalue weighted by atomic mass is 127. The normalized spacial score (nSPS) is 16.9. The summed E-state index contributed by atoms with van der Waals surface area (Å²) in [6.07, 6.45) is -2.34. The summed E-state index contributed by atoms with van der Waals surface area (Å²) in [5.74, 6) is 1.65. The molecule has 0 saturated carbocycles. The second kappa shape index (κ2) is 11.8. The van der Waals surface area contributed by atoms with E-state index in [2.05, 4.69) is 34.0 Å². The van der Waals surface area contributed by atoms with Gasteiger partial charge in [-0.3, -0.25) is 9.89 Å². The first-order valence-corrected chi connectivity index (χ1v) is 9.76. The van der Waals surface area contributed by atoms with Crippen LogP contribution in [-0.2, 0) is 6.54 Å². The van der Waals surface area contributed by atoms with Gasteiger partial charge in [0.1, 0.15) is 11.9 Å². The molecule has 166 valence electrons. The molecule has 2 rings (SSSR count). The van der Waals surface area contributed by atoms with Crippen molar-refractivity contribution in [1.29, 1.82) is 0 Å². The number of anilines is 1. The van der Waals surface area contributed by atoms with Crippen LogP contribution < -0.4 is 10.2 Å². The zero-order chi connectivity index (χ0) is 20.7. The fourth-order valence-electron chi connectivity index (χ4n) is 3.30. The fraction of sp³-hybridized carbons (Fsp3) is 0.684. The topological polar surface area (TPSA) is 47.0 Å². The van der Waals surface area contributed by atoms with Gasteiger partial charge in [0.15, 0.2) is 5.96 Å². The Morgan fingerprint density at radius 3 is 2.28 bits per heavy atom. The Bertz CT molecular complexity index is 626. The number of aromatic nitrogens is 1. The van der Waals surface area contributed by atoms with Gasteiger partial charge in [-0.2, -0.15) is 13.2 Å². The number of pyridine rings is 1. The number of rotatable bonds is 6. The van der Waals surface area contributed by atoms with E-state index in [9.17, 15) is 13.2 Å². The molecule has 1 atom stereocenters. The molecule has 0 spiro atoms. The first kappa shape index (κ1) is 25.7. The number of halogens is 4. The highest BCUT2D eigenvalue weighted by Crippen LogP contribution is 2.25. The lowest BCUT2D eigenvalue weighted by molar-refractivity contribution is -0.181. The zero-order valence-electron chi connectivity index (χ0n) is 17.5. The summed E-state index contributed by atoms with van der Waals surface area (Å²) in [7, 11) is 1.69. The summed E-state index contributed by atoms with van der Waals surface area (Å²) in [6, 6.07) is 2.62.